The molecule has 0 saturated carbocycles. The van der Waals surface area contributed by atoms with Crippen molar-refractivity contribution >= 4 is 32.6 Å². The van der Waals surface area contributed by atoms with Gasteiger partial charge >= 0.3 is 0 Å². The number of rotatable bonds is 1. The van der Waals surface area contributed by atoms with Gasteiger partial charge in [0.1, 0.15) is 23.1 Å². The van der Waals surface area contributed by atoms with Crippen LogP contribution in [0, 0.1) is 11.3 Å². The minimum absolute atomic E-state index is 0.0593. The van der Waals surface area contributed by atoms with E-state index in [4.69, 9.17) is 0 Å². The van der Waals surface area contributed by atoms with Gasteiger partial charge in [0, 0.05) is 21.8 Å². The van der Waals surface area contributed by atoms with E-state index in [1.165, 1.54) is 0 Å². The summed E-state index contributed by atoms with van der Waals surface area (Å²) in [4.78, 5) is 0. The molecule has 1 aromatic heterocycles. The van der Waals surface area contributed by atoms with E-state index in [-0.39, 0.29) is 17.1 Å². The number of phenolic OH excluding ortho intramolecular Hbond substituents is 2. The lowest BCUT2D eigenvalue weighted by Gasteiger charge is -2.11. The Labute approximate surface area is 154 Å². The molecule has 0 saturated heterocycles. The van der Waals surface area contributed by atoms with Crippen LogP contribution in [-0.2, 0) is 0 Å². The average molecular weight is 350 g/mol. The number of hydrogen-bond acceptors (Lipinski definition) is 3. The third-order valence-electron chi connectivity index (χ3n) is 5.02. The molecule has 0 aliphatic rings. The number of aromatic hydroxyl groups is 2. The fraction of sp³-hybridized carbons (Fsp3) is 0. The molecular formula is C23H14N2O2. The SMILES string of the molecule is N#Cc1c(O)c2ccccc2c2c1c1c(O)cccc1n2-c1ccccc1. The first-order valence-corrected chi connectivity index (χ1v) is 8.57. The van der Waals surface area contributed by atoms with E-state index in [0.29, 0.717) is 16.2 Å². The van der Waals surface area contributed by atoms with Crippen LogP contribution in [0.25, 0.3) is 38.3 Å². The summed E-state index contributed by atoms with van der Waals surface area (Å²) in [5, 5.41) is 33.7. The molecule has 4 heteroatoms. The number of nitriles is 1. The van der Waals surface area contributed by atoms with Crippen molar-refractivity contribution in [3.8, 4) is 23.3 Å². The average Bonchev–Trinajstić information content (AvgIpc) is 3.06. The maximum Gasteiger partial charge on any atom is 0.141 e. The molecule has 5 rings (SSSR count). The van der Waals surface area contributed by atoms with E-state index >= 15 is 0 Å². The fourth-order valence-corrected chi connectivity index (χ4v) is 3.92. The molecule has 0 radical (unpaired) electrons. The van der Waals surface area contributed by atoms with Gasteiger partial charge in [-0.25, -0.2) is 0 Å². The molecule has 128 valence electrons. The van der Waals surface area contributed by atoms with Gasteiger partial charge in [-0.15, -0.1) is 0 Å². The maximum atomic E-state index is 10.8. The predicted molar refractivity (Wildman–Crippen MR) is 106 cm³/mol. The summed E-state index contributed by atoms with van der Waals surface area (Å²) in [6.45, 7) is 0. The molecule has 2 N–H and O–H groups in total. The maximum absolute atomic E-state index is 10.8. The second kappa shape index (κ2) is 5.52. The van der Waals surface area contributed by atoms with Gasteiger partial charge in [0.25, 0.3) is 0 Å². The Balaban J connectivity index is 2.20. The van der Waals surface area contributed by atoms with Gasteiger partial charge in [-0.1, -0.05) is 48.5 Å². The number of nitrogens with zero attached hydrogens (tertiary/aromatic N) is 2. The molecule has 0 fully saturated rings. The highest BCUT2D eigenvalue weighted by atomic mass is 16.3. The number of phenols is 2. The Morgan fingerprint density at radius 1 is 0.741 bits per heavy atom. The Bertz CT molecular complexity index is 1390. The molecule has 27 heavy (non-hydrogen) atoms. The van der Waals surface area contributed by atoms with Crippen LogP contribution in [0.4, 0.5) is 0 Å². The molecular weight excluding hydrogens is 336 g/mol. The van der Waals surface area contributed by atoms with Crippen molar-refractivity contribution in [1.82, 2.24) is 4.57 Å². The largest absolute Gasteiger partial charge is 0.507 e. The third kappa shape index (κ3) is 1.97. The highest BCUT2D eigenvalue weighted by Gasteiger charge is 2.23. The lowest BCUT2D eigenvalue weighted by molar-refractivity contribution is 0.480. The van der Waals surface area contributed by atoms with Crippen LogP contribution in [0.2, 0.25) is 0 Å². The van der Waals surface area contributed by atoms with Crippen LogP contribution in [0.15, 0.2) is 72.8 Å². The van der Waals surface area contributed by atoms with Crippen molar-refractivity contribution in [2.24, 2.45) is 0 Å². The van der Waals surface area contributed by atoms with Crippen LogP contribution in [0.3, 0.4) is 0 Å². The molecule has 0 aliphatic carbocycles. The Hall–Kier alpha value is -3.97. The summed E-state index contributed by atoms with van der Waals surface area (Å²) in [7, 11) is 0. The molecule has 0 amide bonds. The predicted octanol–water partition coefficient (Wildman–Crippen LogP) is 5.22. The molecule has 5 aromatic rings. The molecule has 0 atom stereocenters. The number of benzene rings is 4. The van der Waals surface area contributed by atoms with Crippen LogP contribution in [0.1, 0.15) is 5.56 Å². The zero-order valence-corrected chi connectivity index (χ0v) is 14.2. The molecule has 4 aromatic carbocycles. The van der Waals surface area contributed by atoms with E-state index in [9.17, 15) is 15.5 Å². The molecule has 0 spiro atoms. The van der Waals surface area contributed by atoms with Crippen molar-refractivity contribution in [1.29, 1.82) is 5.26 Å². The number of para-hydroxylation sites is 1. The monoisotopic (exact) mass is 350 g/mol. The van der Waals surface area contributed by atoms with Gasteiger partial charge < -0.3 is 14.8 Å². The minimum atomic E-state index is -0.0593. The van der Waals surface area contributed by atoms with Crippen molar-refractivity contribution in [3.63, 3.8) is 0 Å². The van der Waals surface area contributed by atoms with Gasteiger partial charge in [-0.05, 0) is 24.3 Å². The second-order valence-electron chi connectivity index (χ2n) is 6.45. The summed E-state index contributed by atoms with van der Waals surface area (Å²) in [6, 6.07) is 24.7. The van der Waals surface area contributed by atoms with E-state index in [1.807, 2.05) is 59.2 Å². The van der Waals surface area contributed by atoms with Crippen LogP contribution >= 0.6 is 0 Å². The van der Waals surface area contributed by atoms with Crippen molar-refractivity contribution in [2.75, 3.05) is 0 Å². The van der Waals surface area contributed by atoms with Gasteiger partial charge in [-0.2, -0.15) is 5.26 Å². The molecule has 0 aliphatic heterocycles. The fourth-order valence-electron chi connectivity index (χ4n) is 3.92. The van der Waals surface area contributed by atoms with Gasteiger partial charge in [0.15, 0.2) is 0 Å². The van der Waals surface area contributed by atoms with Gasteiger partial charge in [0.05, 0.1) is 16.4 Å². The van der Waals surface area contributed by atoms with E-state index in [0.717, 1.165) is 22.1 Å². The number of hydrogen-bond donors (Lipinski definition) is 2. The Morgan fingerprint density at radius 2 is 1.44 bits per heavy atom. The summed E-state index contributed by atoms with van der Waals surface area (Å²) in [6.07, 6.45) is 0. The quantitative estimate of drug-likeness (QED) is 0.435. The van der Waals surface area contributed by atoms with Crippen LogP contribution in [0.5, 0.6) is 11.5 Å². The Morgan fingerprint density at radius 3 is 2.19 bits per heavy atom. The molecule has 0 unspecified atom stereocenters. The van der Waals surface area contributed by atoms with E-state index < -0.39 is 0 Å². The smallest absolute Gasteiger partial charge is 0.141 e. The molecule has 4 nitrogen and oxygen atoms in total. The zero-order valence-electron chi connectivity index (χ0n) is 14.2. The number of aromatic nitrogens is 1. The van der Waals surface area contributed by atoms with E-state index in [1.54, 1.807) is 18.2 Å². The molecule has 1 heterocycles. The third-order valence-corrected chi connectivity index (χ3v) is 5.02. The van der Waals surface area contributed by atoms with Crippen molar-refractivity contribution in [2.45, 2.75) is 0 Å². The van der Waals surface area contributed by atoms with Gasteiger partial charge in [-0.3, -0.25) is 0 Å². The lowest BCUT2D eigenvalue weighted by Crippen LogP contribution is -1.94. The standard InChI is InChI=1S/C23H14N2O2/c24-13-17-20-21-18(11-6-12-19(21)26)25(14-7-2-1-3-8-14)22(20)15-9-4-5-10-16(15)23(17)27/h1-12,26-27H. The first kappa shape index (κ1) is 15.3. The lowest BCUT2D eigenvalue weighted by atomic mass is 9.99. The summed E-state index contributed by atoms with van der Waals surface area (Å²) in [5.41, 5.74) is 2.67. The topological polar surface area (TPSA) is 69.2 Å². The summed E-state index contributed by atoms with van der Waals surface area (Å²) >= 11 is 0. The highest BCUT2D eigenvalue weighted by molar-refractivity contribution is 6.24. The Kier molecular flexibility index (Phi) is 3.12. The molecule has 0 bridgehead atoms. The first-order valence-electron chi connectivity index (χ1n) is 8.57. The van der Waals surface area contributed by atoms with Crippen molar-refractivity contribution < 1.29 is 10.2 Å². The summed E-state index contributed by atoms with van der Waals surface area (Å²) < 4.78 is 2.03. The summed E-state index contributed by atoms with van der Waals surface area (Å²) in [5.74, 6) is 0.0225. The van der Waals surface area contributed by atoms with Gasteiger partial charge in [0.2, 0.25) is 0 Å². The highest BCUT2D eigenvalue weighted by Crippen LogP contribution is 2.45. The second-order valence-corrected chi connectivity index (χ2v) is 6.45. The zero-order chi connectivity index (χ0) is 18.5. The first-order chi connectivity index (χ1) is 13.2. The number of fused-ring (bicyclic) bond motifs is 5. The van der Waals surface area contributed by atoms with Crippen LogP contribution in [-0.4, -0.2) is 14.8 Å². The minimum Gasteiger partial charge on any atom is -0.507 e. The van der Waals surface area contributed by atoms with Crippen LogP contribution < -0.4 is 0 Å². The van der Waals surface area contributed by atoms with E-state index in [2.05, 4.69) is 6.07 Å². The van der Waals surface area contributed by atoms with Crippen molar-refractivity contribution in [3.05, 3.63) is 78.4 Å². The normalized spacial score (nSPS) is 11.2.